The highest BCUT2D eigenvalue weighted by Crippen LogP contribution is 2.24. The second-order valence-electron chi connectivity index (χ2n) is 3.94. The molecule has 0 aromatic carbocycles. The fraction of sp³-hybridized carbons (Fsp3) is 0.583. The molecular formula is C12H16NO. The highest BCUT2D eigenvalue weighted by atomic mass is 16.5. The number of ether oxygens (including phenoxy) is 1. The normalized spacial score (nSPS) is 18.0. The Hall–Kier alpha value is -1.05. The molecule has 1 radical (unpaired) electrons. The summed E-state index contributed by atoms with van der Waals surface area (Å²) in [5.74, 6) is 1.60. The van der Waals surface area contributed by atoms with E-state index < -0.39 is 0 Å². The van der Waals surface area contributed by atoms with Crippen LogP contribution in [0.3, 0.4) is 0 Å². The van der Waals surface area contributed by atoms with Gasteiger partial charge in [-0.1, -0.05) is 19.3 Å². The summed E-state index contributed by atoms with van der Waals surface area (Å²) in [4.78, 5) is 3.97. The van der Waals surface area contributed by atoms with Crippen molar-refractivity contribution in [3.05, 3.63) is 24.5 Å². The van der Waals surface area contributed by atoms with Crippen LogP contribution in [0.25, 0.3) is 0 Å². The second kappa shape index (κ2) is 4.99. The van der Waals surface area contributed by atoms with Gasteiger partial charge in [0.25, 0.3) is 0 Å². The monoisotopic (exact) mass is 190 g/mol. The van der Waals surface area contributed by atoms with E-state index in [-0.39, 0.29) is 0 Å². The molecule has 1 fully saturated rings. The lowest BCUT2D eigenvalue weighted by Crippen LogP contribution is -2.15. The molecule has 0 N–H and O–H groups in total. The molecule has 1 saturated carbocycles. The topological polar surface area (TPSA) is 22.1 Å². The van der Waals surface area contributed by atoms with Gasteiger partial charge in [0.05, 0.1) is 12.8 Å². The first kappa shape index (κ1) is 9.50. The quantitative estimate of drug-likeness (QED) is 0.731. The summed E-state index contributed by atoms with van der Waals surface area (Å²) in [5.41, 5.74) is 0. The van der Waals surface area contributed by atoms with Gasteiger partial charge in [-0.15, -0.1) is 0 Å². The molecular weight excluding hydrogens is 174 g/mol. The van der Waals surface area contributed by atoms with Gasteiger partial charge in [-0.25, -0.2) is 0 Å². The SMILES string of the molecule is [c]1cncc(OCC2CCCCC2)c1. The lowest BCUT2D eigenvalue weighted by molar-refractivity contribution is 0.208. The van der Waals surface area contributed by atoms with Gasteiger partial charge in [-0.3, -0.25) is 4.98 Å². The van der Waals surface area contributed by atoms with Gasteiger partial charge in [0.1, 0.15) is 5.75 Å². The summed E-state index contributed by atoms with van der Waals surface area (Å²) >= 11 is 0. The Morgan fingerprint density at radius 2 is 2.21 bits per heavy atom. The van der Waals surface area contributed by atoms with Crippen molar-refractivity contribution in [2.45, 2.75) is 32.1 Å². The second-order valence-corrected chi connectivity index (χ2v) is 3.94. The summed E-state index contributed by atoms with van der Waals surface area (Å²) in [6.07, 6.45) is 10.2. The third-order valence-electron chi connectivity index (χ3n) is 2.79. The van der Waals surface area contributed by atoms with E-state index in [0.29, 0.717) is 0 Å². The van der Waals surface area contributed by atoms with Crippen LogP contribution in [0.1, 0.15) is 32.1 Å². The predicted molar refractivity (Wildman–Crippen MR) is 55.1 cm³/mol. The Morgan fingerprint density at radius 3 is 2.93 bits per heavy atom. The lowest BCUT2D eigenvalue weighted by Gasteiger charge is -2.21. The van der Waals surface area contributed by atoms with Gasteiger partial charge >= 0.3 is 0 Å². The first-order valence-corrected chi connectivity index (χ1v) is 5.39. The van der Waals surface area contributed by atoms with Gasteiger partial charge < -0.3 is 4.74 Å². The maximum absolute atomic E-state index is 5.65. The van der Waals surface area contributed by atoms with Crippen LogP contribution in [-0.4, -0.2) is 11.6 Å². The van der Waals surface area contributed by atoms with Gasteiger partial charge in [-0.2, -0.15) is 0 Å². The number of rotatable bonds is 3. The maximum Gasteiger partial charge on any atom is 0.138 e. The zero-order chi connectivity index (χ0) is 9.64. The third-order valence-corrected chi connectivity index (χ3v) is 2.79. The van der Waals surface area contributed by atoms with Crippen molar-refractivity contribution >= 4 is 0 Å². The molecule has 0 spiro atoms. The van der Waals surface area contributed by atoms with Crippen LogP contribution in [0.4, 0.5) is 0 Å². The first-order chi connectivity index (χ1) is 6.95. The molecule has 1 aromatic heterocycles. The average molecular weight is 190 g/mol. The van der Waals surface area contributed by atoms with Crippen LogP contribution in [0.2, 0.25) is 0 Å². The van der Waals surface area contributed by atoms with E-state index in [9.17, 15) is 0 Å². The smallest absolute Gasteiger partial charge is 0.138 e. The Kier molecular flexibility index (Phi) is 3.39. The largest absolute Gasteiger partial charge is 0.492 e. The maximum atomic E-state index is 5.65. The van der Waals surface area contributed by atoms with Crippen molar-refractivity contribution < 1.29 is 4.74 Å². The van der Waals surface area contributed by atoms with E-state index in [4.69, 9.17) is 4.74 Å². The minimum atomic E-state index is 0.754. The minimum absolute atomic E-state index is 0.754. The van der Waals surface area contributed by atoms with Crippen LogP contribution >= 0.6 is 0 Å². The van der Waals surface area contributed by atoms with Crippen molar-refractivity contribution in [1.29, 1.82) is 0 Å². The third kappa shape index (κ3) is 2.72. The van der Waals surface area contributed by atoms with Gasteiger partial charge in [-0.05, 0) is 24.8 Å². The summed E-state index contributed by atoms with van der Waals surface area (Å²) in [6.45, 7) is 0.847. The summed E-state index contributed by atoms with van der Waals surface area (Å²) in [7, 11) is 0. The number of aromatic nitrogens is 1. The molecule has 0 amide bonds. The summed E-state index contributed by atoms with van der Waals surface area (Å²) in [6, 6.07) is 4.76. The van der Waals surface area contributed by atoms with E-state index in [1.54, 1.807) is 12.4 Å². The van der Waals surface area contributed by atoms with Crippen molar-refractivity contribution in [3.8, 4) is 5.75 Å². The average Bonchev–Trinajstić information content (AvgIpc) is 2.29. The molecule has 2 nitrogen and oxygen atoms in total. The van der Waals surface area contributed by atoms with Gasteiger partial charge in [0.2, 0.25) is 0 Å². The van der Waals surface area contributed by atoms with Crippen LogP contribution in [0.15, 0.2) is 18.5 Å². The molecule has 0 unspecified atom stereocenters. The standard InChI is InChI=1S/C12H16NO/c1-2-5-11(6-3-1)10-14-12-7-4-8-13-9-12/h7-9,11H,1-3,5-6,10H2. The zero-order valence-electron chi connectivity index (χ0n) is 8.41. The lowest BCUT2D eigenvalue weighted by atomic mass is 9.90. The van der Waals surface area contributed by atoms with Gasteiger partial charge in [0.15, 0.2) is 0 Å². The number of nitrogens with zero attached hydrogens (tertiary/aromatic N) is 1. The fourth-order valence-electron chi connectivity index (χ4n) is 1.96. The molecule has 1 aliphatic carbocycles. The fourth-order valence-corrected chi connectivity index (χ4v) is 1.96. The molecule has 0 aliphatic heterocycles. The molecule has 1 heterocycles. The Balaban J connectivity index is 1.76. The molecule has 1 aliphatic rings. The highest BCUT2D eigenvalue weighted by Gasteiger charge is 2.13. The van der Waals surface area contributed by atoms with E-state index in [0.717, 1.165) is 18.3 Å². The Bertz CT molecular complexity index is 254. The van der Waals surface area contributed by atoms with Crippen molar-refractivity contribution in [3.63, 3.8) is 0 Å². The Labute approximate surface area is 85.3 Å². The Morgan fingerprint density at radius 1 is 1.36 bits per heavy atom. The highest BCUT2D eigenvalue weighted by molar-refractivity contribution is 5.14. The number of hydrogen-bond donors (Lipinski definition) is 0. The molecule has 0 saturated heterocycles. The van der Waals surface area contributed by atoms with Crippen LogP contribution in [-0.2, 0) is 0 Å². The summed E-state index contributed by atoms with van der Waals surface area (Å²) in [5, 5.41) is 0. The molecule has 75 valence electrons. The predicted octanol–water partition coefficient (Wildman–Crippen LogP) is 2.84. The number of hydrogen-bond acceptors (Lipinski definition) is 2. The molecule has 0 atom stereocenters. The van der Waals surface area contributed by atoms with Crippen LogP contribution in [0.5, 0.6) is 5.75 Å². The van der Waals surface area contributed by atoms with Crippen molar-refractivity contribution in [2.75, 3.05) is 6.61 Å². The molecule has 0 bridgehead atoms. The molecule has 14 heavy (non-hydrogen) atoms. The molecule has 2 rings (SSSR count). The molecule has 1 aromatic rings. The summed E-state index contributed by atoms with van der Waals surface area (Å²) < 4.78 is 5.65. The van der Waals surface area contributed by atoms with E-state index in [2.05, 4.69) is 11.1 Å². The van der Waals surface area contributed by atoms with Crippen molar-refractivity contribution in [2.24, 2.45) is 5.92 Å². The minimum Gasteiger partial charge on any atom is -0.492 e. The zero-order valence-corrected chi connectivity index (χ0v) is 8.41. The van der Waals surface area contributed by atoms with Crippen LogP contribution in [0, 0.1) is 12.0 Å². The van der Waals surface area contributed by atoms with Crippen molar-refractivity contribution in [1.82, 2.24) is 4.98 Å². The van der Waals surface area contributed by atoms with E-state index in [1.165, 1.54) is 32.1 Å². The molecule has 2 heteroatoms. The van der Waals surface area contributed by atoms with E-state index >= 15 is 0 Å². The van der Waals surface area contributed by atoms with Crippen LogP contribution < -0.4 is 4.74 Å². The number of pyridine rings is 1. The first-order valence-electron chi connectivity index (χ1n) is 5.39. The van der Waals surface area contributed by atoms with Gasteiger partial charge in [0, 0.05) is 12.3 Å². The van der Waals surface area contributed by atoms with E-state index in [1.807, 2.05) is 6.07 Å².